The van der Waals surface area contributed by atoms with Crippen molar-refractivity contribution in [1.29, 1.82) is 0 Å². The quantitative estimate of drug-likeness (QED) is 0.631. The van der Waals surface area contributed by atoms with Gasteiger partial charge in [0.1, 0.15) is 17.8 Å². The van der Waals surface area contributed by atoms with Crippen molar-refractivity contribution in [2.24, 2.45) is 0 Å². The Hall–Kier alpha value is -2.97. The molecule has 0 unspecified atom stereocenters. The van der Waals surface area contributed by atoms with Gasteiger partial charge in [-0.05, 0) is 32.6 Å². The molecule has 2 N–H and O–H groups in total. The fourth-order valence-electron chi connectivity index (χ4n) is 3.67. The average molecular weight is 426 g/mol. The van der Waals surface area contributed by atoms with Crippen molar-refractivity contribution in [3.8, 4) is 11.3 Å². The van der Waals surface area contributed by atoms with Gasteiger partial charge in [0.25, 0.3) is 0 Å². The van der Waals surface area contributed by atoms with E-state index in [0.29, 0.717) is 29.6 Å². The maximum Gasteiger partial charge on any atom is 0.246 e. The molecule has 1 aliphatic rings. The molecular weight excluding hydrogens is 402 g/mol. The highest BCUT2D eigenvalue weighted by atomic mass is 35.5. The molecule has 0 saturated carbocycles. The average Bonchev–Trinajstić information content (AvgIpc) is 3.34. The van der Waals surface area contributed by atoms with Crippen molar-refractivity contribution in [1.82, 2.24) is 29.5 Å². The van der Waals surface area contributed by atoms with E-state index in [9.17, 15) is 4.79 Å². The van der Waals surface area contributed by atoms with Gasteiger partial charge in [-0.3, -0.25) is 4.79 Å². The predicted molar refractivity (Wildman–Crippen MR) is 118 cm³/mol. The summed E-state index contributed by atoms with van der Waals surface area (Å²) in [5.41, 5.74) is 8.47. The Kier molecular flexibility index (Phi) is 5.69. The number of nitrogens with two attached hydrogens (primary N) is 1. The Morgan fingerprint density at radius 2 is 2.07 bits per heavy atom. The van der Waals surface area contributed by atoms with Crippen LogP contribution in [-0.4, -0.2) is 69.2 Å². The molecule has 3 aromatic rings. The summed E-state index contributed by atoms with van der Waals surface area (Å²) in [6.45, 7) is 1.98. The van der Waals surface area contributed by atoms with Gasteiger partial charge >= 0.3 is 0 Å². The van der Waals surface area contributed by atoms with Crippen molar-refractivity contribution in [3.05, 3.63) is 47.8 Å². The Balaban J connectivity index is 1.64. The number of aromatic nitrogens is 4. The minimum absolute atomic E-state index is 0.0166. The number of fused-ring (bicyclic) bond motifs is 1. The van der Waals surface area contributed by atoms with Gasteiger partial charge in [0.05, 0.1) is 11.4 Å². The lowest BCUT2D eigenvalue weighted by molar-refractivity contribution is -0.125. The third-order valence-corrected chi connectivity index (χ3v) is 5.44. The highest BCUT2D eigenvalue weighted by Gasteiger charge is 2.30. The van der Waals surface area contributed by atoms with Crippen LogP contribution in [0.15, 0.2) is 42.7 Å². The molecule has 0 spiro atoms. The molecule has 1 aliphatic heterocycles. The number of likely N-dealkylation sites (tertiary alicyclic amines) is 1. The zero-order valence-corrected chi connectivity index (χ0v) is 17.8. The molecule has 0 bridgehead atoms. The van der Waals surface area contributed by atoms with E-state index in [1.54, 1.807) is 6.08 Å². The van der Waals surface area contributed by atoms with Crippen LogP contribution in [0.5, 0.6) is 0 Å². The first-order chi connectivity index (χ1) is 14.4. The molecule has 8 nitrogen and oxygen atoms in total. The van der Waals surface area contributed by atoms with Crippen LogP contribution in [0, 0.1) is 0 Å². The standard InChI is InChI=1S/C21H24ClN7O/c1-27(2)10-3-4-17(30)28-11-9-16(12-28)29-21-18(20(23)24-13-25-21)19(26-29)14-5-7-15(22)8-6-14/h3-8,13,16H,9-12H2,1-2H3,(H2,23,24,25)/t16-/m1/s1. The third-order valence-electron chi connectivity index (χ3n) is 5.19. The van der Waals surface area contributed by atoms with Crippen LogP contribution in [0.2, 0.25) is 5.02 Å². The van der Waals surface area contributed by atoms with Crippen LogP contribution in [0.1, 0.15) is 12.5 Å². The second-order valence-electron chi connectivity index (χ2n) is 7.65. The van der Waals surface area contributed by atoms with Crippen molar-refractivity contribution >= 4 is 34.4 Å². The Bertz CT molecular complexity index is 1090. The SMILES string of the molecule is CN(C)CC=CC(=O)N1CC[C@@H](n2nc(-c3ccc(Cl)cc3)c3c(N)ncnc32)C1. The molecule has 0 radical (unpaired) electrons. The maximum atomic E-state index is 12.5. The number of carbonyl (C=O) groups excluding carboxylic acids is 1. The number of nitrogen functional groups attached to an aromatic ring is 1. The highest BCUT2D eigenvalue weighted by molar-refractivity contribution is 6.30. The number of rotatable bonds is 5. The maximum absolute atomic E-state index is 12.5. The fourth-order valence-corrected chi connectivity index (χ4v) is 3.80. The van der Waals surface area contributed by atoms with E-state index >= 15 is 0 Å². The summed E-state index contributed by atoms with van der Waals surface area (Å²) in [7, 11) is 3.94. The summed E-state index contributed by atoms with van der Waals surface area (Å²) in [5, 5.41) is 6.21. The Morgan fingerprint density at radius 1 is 1.30 bits per heavy atom. The number of benzene rings is 1. The molecule has 1 saturated heterocycles. The first-order valence-corrected chi connectivity index (χ1v) is 10.2. The van der Waals surface area contributed by atoms with Gasteiger partial charge in [0.15, 0.2) is 5.65 Å². The molecule has 2 aromatic heterocycles. The first-order valence-electron chi connectivity index (χ1n) is 9.79. The third kappa shape index (κ3) is 4.01. The summed E-state index contributed by atoms with van der Waals surface area (Å²) in [4.78, 5) is 25.0. The van der Waals surface area contributed by atoms with Gasteiger partial charge < -0.3 is 15.5 Å². The van der Waals surface area contributed by atoms with E-state index in [0.717, 1.165) is 29.6 Å². The van der Waals surface area contributed by atoms with Gasteiger partial charge in [0.2, 0.25) is 5.91 Å². The molecule has 1 fully saturated rings. The monoisotopic (exact) mass is 425 g/mol. The van der Waals surface area contributed by atoms with Crippen molar-refractivity contribution < 1.29 is 4.79 Å². The van der Waals surface area contributed by atoms with Gasteiger partial charge in [-0.1, -0.05) is 29.8 Å². The smallest absolute Gasteiger partial charge is 0.246 e. The number of nitrogens with zero attached hydrogens (tertiary/aromatic N) is 6. The van der Waals surface area contributed by atoms with E-state index in [1.165, 1.54) is 6.33 Å². The lowest BCUT2D eigenvalue weighted by Crippen LogP contribution is -2.28. The van der Waals surface area contributed by atoms with Crippen LogP contribution in [-0.2, 0) is 4.79 Å². The lowest BCUT2D eigenvalue weighted by atomic mass is 10.1. The summed E-state index contributed by atoms with van der Waals surface area (Å²) >= 11 is 6.04. The second-order valence-corrected chi connectivity index (χ2v) is 8.09. The number of carbonyl (C=O) groups is 1. The van der Waals surface area contributed by atoms with E-state index in [-0.39, 0.29) is 11.9 Å². The highest BCUT2D eigenvalue weighted by Crippen LogP contribution is 2.34. The van der Waals surface area contributed by atoms with Crippen LogP contribution < -0.4 is 5.73 Å². The van der Waals surface area contributed by atoms with E-state index < -0.39 is 0 Å². The molecular formula is C21H24ClN7O. The Morgan fingerprint density at radius 3 is 2.80 bits per heavy atom. The van der Waals surface area contributed by atoms with E-state index in [1.807, 2.05) is 58.9 Å². The summed E-state index contributed by atoms with van der Waals surface area (Å²) in [6.07, 6.45) is 5.77. The predicted octanol–water partition coefficient (Wildman–Crippen LogP) is 2.62. The first kappa shape index (κ1) is 20.3. The molecule has 1 amide bonds. The topological polar surface area (TPSA) is 93.2 Å². The summed E-state index contributed by atoms with van der Waals surface area (Å²) < 4.78 is 1.88. The second kappa shape index (κ2) is 8.41. The molecule has 9 heteroatoms. The molecule has 0 aliphatic carbocycles. The van der Waals surface area contributed by atoms with Crippen molar-refractivity contribution in [2.75, 3.05) is 39.5 Å². The van der Waals surface area contributed by atoms with Gasteiger partial charge in [-0.25, -0.2) is 14.6 Å². The number of anilines is 1. The van der Waals surface area contributed by atoms with Crippen LogP contribution in [0.3, 0.4) is 0 Å². The minimum atomic E-state index is 0.0166. The number of hydrogen-bond acceptors (Lipinski definition) is 6. The summed E-state index contributed by atoms with van der Waals surface area (Å²) in [6, 6.07) is 7.46. The number of hydrogen-bond donors (Lipinski definition) is 1. The van der Waals surface area contributed by atoms with Gasteiger partial charge in [-0.15, -0.1) is 0 Å². The minimum Gasteiger partial charge on any atom is -0.383 e. The van der Waals surface area contributed by atoms with Gasteiger partial charge in [-0.2, -0.15) is 5.10 Å². The number of likely N-dealkylation sites (N-methyl/N-ethyl adjacent to an activating group) is 1. The molecule has 30 heavy (non-hydrogen) atoms. The Labute approximate surface area is 179 Å². The molecule has 4 rings (SSSR count). The zero-order valence-electron chi connectivity index (χ0n) is 17.0. The van der Waals surface area contributed by atoms with Crippen molar-refractivity contribution in [3.63, 3.8) is 0 Å². The molecule has 3 heterocycles. The van der Waals surface area contributed by atoms with Gasteiger partial charge in [0, 0.05) is 36.3 Å². The van der Waals surface area contributed by atoms with E-state index in [2.05, 4.69) is 9.97 Å². The van der Waals surface area contributed by atoms with E-state index in [4.69, 9.17) is 22.4 Å². The normalized spacial score (nSPS) is 16.9. The van der Waals surface area contributed by atoms with Crippen molar-refractivity contribution in [2.45, 2.75) is 12.5 Å². The fraction of sp³-hybridized carbons (Fsp3) is 0.333. The zero-order chi connectivity index (χ0) is 21.3. The lowest BCUT2D eigenvalue weighted by Gasteiger charge is -2.15. The number of amides is 1. The molecule has 1 atom stereocenters. The largest absolute Gasteiger partial charge is 0.383 e. The summed E-state index contributed by atoms with van der Waals surface area (Å²) in [5.74, 6) is 0.400. The van der Waals surface area contributed by atoms with Crippen LogP contribution >= 0.6 is 11.6 Å². The van der Waals surface area contributed by atoms with Crippen LogP contribution in [0.25, 0.3) is 22.3 Å². The molecule has 1 aromatic carbocycles. The number of halogens is 1. The molecule has 156 valence electrons. The van der Waals surface area contributed by atoms with Crippen LogP contribution in [0.4, 0.5) is 5.82 Å².